The topological polar surface area (TPSA) is 60.9 Å². The van der Waals surface area contributed by atoms with Crippen LogP contribution >= 0.6 is 11.3 Å². The van der Waals surface area contributed by atoms with E-state index < -0.39 is 5.97 Å². The molecule has 2 heterocycles. The predicted molar refractivity (Wildman–Crippen MR) is 73.4 cm³/mol. The number of likely N-dealkylation sites (N-methyl/N-ethyl adjacent to an activating group) is 1. The van der Waals surface area contributed by atoms with Crippen molar-refractivity contribution >= 4 is 23.2 Å². The van der Waals surface area contributed by atoms with E-state index in [1.165, 1.54) is 11.3 Å². The summed E-state index contributed by atoms with van der Waals surface area (Å²) >= 11 is 1.26. The Kier molecular flexibility index (Phi) is 4.55. The summed E-state index contributed by atoms with van der Waals surface area (Å²) in [7, 11) is 1.88. The number of amides is 1. The van der Waals surface area contributed by atoms with E-state index in [2.05, 4.69) is 0 Å². The van der Waals surface area contributed by atoms with Crippen LogP contribution in [0.5, 0.6) is 0 Å². The lowest BCUT2D eigenvalue weighted by Crippen LogP contribution is -2.36. The van der Waals surface area contributed by atoms with Gasteiger partial charge in [-0.2, -0.15) is 0 Å². The average molecular weight is 282 g/mol. The van der Waals surface area contributed by atoms with E-state index >= 15 is 0 Å². The molecule has 0 aliphatic carbocycles. The van der Waals surface area contributed by atoms with Gasteiger partial charge in [-0.15, -0.1) is 11.3 Å². The third kappa shape index (κ3) is 3.78. The maximum Gasteiger partial charge on any atom is 0.345 e. The Bertz CT molecular complexity index is 466. The fourth-order valence-electron chi connectivity index (χ4n) is 2.20. The number of carbonyl (C=O) groups excluding carboxylic acids is 1. The second-order valence-electron chi connectivity index (χ2n) is 4.83. The highest BCUT2D eigenvalue weighted by Gasteiger charge is 2.19. The molecular formula is C13H18N2O3S. The second kappa shape index (κ2) is 6.16. The summed E-state index contributed by atoms with van der Waals surface area (Å²) < 4.78 is 0. The second-order valence-corrected chi connectivity index (χ2v) is 6.00. The van der Waals surface area contributed by atoms with Gasteiger partial charge in [-0.3, -0.25) is 9.69 Å². The molecule has 1 aromatic heterocycles. The van der Waals surface area contributed by atoms with Crippen LogP contribution in [0.3, 0.4) is 0 Å². The first-order valence-electron chi connectivity index (χ1n) is 6.34. The third-order valence-corrected chi connectivity index (χ3v) is 4.22. The Hall–Kier alpha value is -1.40. The molecule has 1 aliphatic heterocycles. The minimum Gasteiger partial charge on any atom is -0.477 e. The van der Waals surface area contributed by atoms with E-state index in [1.54, 1.807) is 6.07 Å². The maximum atomic E-state index is 12.0. The van der Waals surface area contributed by atoms with Crippen molar-refractivity contribution in [2.75, 3.05) is 26.7 Å². The molecule has 0 unspecified atom stereocenters. The molecule has 6 heteroatoms. The summed E-state index contributed by atoms with van der Waals surface area (Å²) in [4.78, 5) is 27.9. The fraction of sp³-hybridized carbons (Fsp3) is 0.538. The zero-order valence-corrected chi connectivity index (χ0v) is 11.8. The van der Waals surface area contributed by atoms with Gasteiger partial charge in [0.05, 0.1) is 6.54 Å². The van der Waals surface area contributed by atoms with Crippen LogP contribution in [0.2, 0.25) is 0 Å². The Balaban J connectivity index is 1.84. The molecule has 0 bridgehead atoms. The van der Waals surface area contributed by atoms with Gasteiger partial charge in [-0.1, -0.05) is 0 Å². The van der Waals surface area contributed by atoms with Crippen LogP contribution in [0.1, 0.15) is 27.4 Å². The monoisotopic (exact) mass is 282 g/mol. The van der Waals surface area contributed by atoms with E-state index in [1.807, 2.05) is 22.9 Å². The summed E-state index contributed by atoms with van der Waals surface area (Å²) in [5.41, 5.74) is 0. The van der Waals surface area contributed by atoms with E-state index in [0.29, 0.717) is 18.0 Å². The number of likely N-dealkylation sites (tertiary alicyclic amines) is 1. The highest BCUT2D eigenvalue weighted by atomic mass is 32.1. The first-order chi connectivity index (χ1) is 9.06. The van der Waals surface area contributed by atoms with Gasteiger partial charge in [0, 0.05) is 24.5 Å². The van der Waals surface area contributed by atoms with Crippen molar-refractivity contribution in [3.63, 3.8) is 0 Å². The summed E-state index contributed by atoms with van der Waals surface area (Å²) in [6.45, 7) is 2.74. The van der Waals surface area contributed by atoms with E-state index in [0.717, 1.165) is 30.8 Å². The summed E-state index contributed by atoms with van der Waals surface area (Å²) in [6, 6.07) is 3.42. The Morgan fingerprint density at radius 2 is 2.05 bits per heavy atom. The van der Waals surface area contributed by atoms with Crippen LogP contribution in [-0.4, -0.2) is 53.5 Å². The summed E-state index contributed by atoms with van der Waals surface area (Å²) in [5.74, 6) is -0.734. The molecule has 1 aromatic rings. The molecule has 1 aliphatic rings. The lowest BCUT2D eigenvalue weighted by atomic mass is 10.4. The number of carboxylic acid groups (broad SMARTS) is 1. The van der Waals surface area contributed by atoms with Crippen molar-refractivity contribution in [1.29, 1.82) is 0 Å². The van der Waals surface area contributed by atoms with Crippen molar-refractivity contribution in [3.05, 3.63) is 21.9 Å². The van der Waals surface area contributed by atoms with Crippen molar-refractivity contribution in [1.82, 2.24) is 9.80 Å². The van der Waals surface area contributed by atoms with Crippen LogP contribution in [0.15, 0.2) is 12.1 Å². The van der Waals surface area contributed by atoms with Gasteiger partial charge >= 0.3 is 5.97 Å². The number of hydrogen-bond acceptors (Lipinski definition) is 4. The largest absolute Gasteiger partial charge is 0.477 e. The molecule has 104 valence electrons. The molecule has 0 spiro atoms. The van der Waals surface area contributed by atoms with Gasteiger partial charge in [-0.05, 0) is 32.0 Å². The molecule has 0 radical (unpaired) electrons. The number of hydrogen-bond donors (Lipinski definition) is 1. The van der Waals surface area contributed by atoms with Gasteiger partial charge in [0.1, 0.15) is 4.88 Å². The Labute approximate surface area is 116 Å². The van der Waals surface area contributed by atoms with Crippen molar-refractivity contribution in [2.24, 2.45) is 0 Å². The molecule has 19 heavy (non-hydrogen) atoms. The number of nitrogens with zero attached hydrogens (tertiary/aromatic N) is 2. The van der Waals surface area contributed by atoms with Crippen molar-refractivity contribution < 1.29 is 14.7 Å². The molecule has 0 atom stereocenters. The van der Waals surface area contributed by atoms with Gasteiger partial charge in [-0.25, -0.2) is 4.79 Å². The summed E-state index contributed by atoms with van der Waals surface area (Å²) in [5, 5.41) is 8.86. The first kappa shape index (κ1) is 14.0. The minimum atomic E-state index is -0.896. The summed E-state index contributed by atoms with van der Waals surface area (Å²) in [6.07, 6.45) is 2.20. The van der Waals surface area contributed by atoms with E-state index in [9.17, 15) is 9.59 Å². The molecule has 1 fully saturated rings. The quantitative estimate of drug-likeness (QED) is 0.889. The normalized spacial score (nSPS) is 15.2. The third-order valence-electron chi connectivity index (χ3n) is 3.16. The number of carbonyl (C=O) groups is 2. The molecule has 0 aromatic carbocycles. The zero-order valence-electron chi connectivity index (χ0n) is 11.0. The average Bonchev–Trinajstić information content (AvgIpc) is 2.98. The van der Waals surface area contributed by atoms with E-state index in [4.69, 9.17) is 5.11 Å². The molecule has 1 amide bonds. The standard InChI is InChI=1S/C13H18N2O3S/c1-14(9-12(16)15-6-2-3-7-15)8-10-4-5-11(19-10)13(17)18/h4-5H,2-3,6-9H2,1H3,(H,17,18). The van der Waals surface area contributed by atoms with Gasteiger partial charge in [0.25, 0.3) is 0 Å². The molecule has 1 saturated heterocycles. The fourth-order valence-corrected chi connectivity index (χ4v) is 3.12. The Morgan fingerprint density at radius 1 is 1.37 bits per heavy atom. The molecule has 5 nitrogen and oxygen atoms in total. The Morgan fingerprint density at radius 3 is 2.63 bits per heavy atom. The highest BCUT2D eigenvalue weighted by molar-refractivity contribution is 7.13. The highest BCUT2D eigenvalue weighted by Crippen LogP contribution is 2.18. The lowest BCUT2D eigenvalue weighted by molar-refractivity contribution is -0.131. The number of rotatable bonds is 5. The number of thiophene rings is 1. The smallest absolute Gasteiger partial charge is 0.345 e. The van der Waals surface area contributed by atoms with E-state index in [-0.39, 0.29) is 5.91 Å². The maximum absolute atomic E-state index is 12.0. The van der Waals surface area contributed by atoms with Crippen LogP contribution in [-0.2, 0) is 11.3 Å². The SMILES string of the molecule is CN(CC(=O)N1CCCC1)Cc1ccc(C(=O)O)s1. The van der Waals surface area contributed by atoms with Crippen molar-refractivity contribution in [2.45, 2.75) is 19.4 Å². The van der Waals surface area contributed by atoms with Crippen LogP contribution in [0.4, 0.5) is 0 Å². The lowest BCUT2D eigenvalue weighted by Gasteiger charge is -2.20. The van der Waals surface area contributed by atoms with Crippen molar-refractivity contribution in [3.8, 4) is 0 Å². The first-order valence-corrected chi connectivity index (χ1v) is 7.16. The van der Waals surface area contributed by atoms with Gasteiger partial charge in [0.15, 0.2) is 0 Å². The molecule has 1 N–H and O–H groups in total. The van der Waals surface area contributed by atoms with Crippen LogP contribution in [0, 0.1) is 0 Å². The number of carboxylic acids is 1. The molecular weight excluding hydrogens is 264 g/mol. The predicted octanol–water partition coefficient (Wildman–Crippen LogP) is 1.50. The van der Waals surface area contributed by atoms with Gasteiger partial charge in [0.2, 0.25) is 5.91 Å². The molecule has 2 rings (SSSR count). The number of aromatic carboxylic acids is 1. The van der Waals surface area contributed by atoms with Gasteiger partial charge < -0.3 is 10.0 Å². The minimum absolute atomic E-state index is 0.162. The molecule has 0 saturated carbocycles. The van der Waals surface area contributed by atoms with Crippen LogP contribution < -0.4 is 0 Å². The van der Waals surface area contributed by atoms with Crippen LogP contribution in [0.25, 0.3) is 0 Å². The zero-order chi connectivity index (χ0) is 13.8.